The van der Waals surface area contributed by atoms with Crippen molar-refractivity contribution in [3.63, 3.8) is 0 Å². The lowest BCUT2D eigenvalue weighted by atomic mass is 10.2. The molecule has 0 atom stereocenters. The van der Waals surface area contributed by atoms with Gasteiger partial charge in [0, 0.05) is 52.4 Å². The monoisotopic (exact) mass is 490 g/mol. The van der Waals surface area contributed by atoms with E-state index >= 15 is 0 Å². The highest BCUT2D eigenvalue weighted by atomic mass is 16.6. The van der Waals surface area contributed by atoms with Crippen molar-refractivity contribution in [2.45, 2.75) is 26.4 Å². The normalized spacial score (nSPS) is 16.6. The second-order valence-corrected chi connectivity index (χ2v) is 8.49. The molecule has 1 aromatic carbocycles. The van der Waals surface area contributed by atoms with Gasteiger partial charge in [-0.05, 0) is 12.0 Å². The highest BCUT2D eigenvalue weighted by molar-refractivity contribution is 5.71. The fraction of sp³-hybridized carbons (Fsp3) is 0.600. The van der Waals surface area contributed by atoms with E-state index in [0.717, 1.165) is 31.1 Å². The number of unbranched alkanes of at least 4 members (excludes halogenated alkanes) is 1. The zero-order valence-electron chi connectivity index (χ0n) is 20.7. The van der Waals surface area contributed by atoms with Crippen molar-refractivity contribution in [2.24, 2.45) is 0 Å². The van der Waals surface area contributed by atoms with E-state index in [9.17, 15) is 19.2 Å². The van der Waals surface area contributed by atoms with Crippen LogP contribution in [0.4, 0.5) is 4.79 Å². The van der Waals surface area contributed by atoms with E-state index in [4.69, 9.17) is 9.47 Å². The van der Waals surface area contributed by atoms with Crippen LogP contribution in [0.1, 0.15) is 25.3 Å². The molecule has 2 amide bonds. The van der Waals surface area contributed by atoms with Crippen LogP contribution in [0.15, 0.2) is 30.3 Å². The SMILES string of the molecule is CCCCOC(=O)CN1CCN(C=O)CCN(CC=O)CCN(C(=O)OCc2ccccc2)CC1. The average molecular weight is 491 g/mol. The van der Waals surface area contributed by atoms with Crippen molar-refractivity contribution < 1.29 is 28.7 Å². The Bertz CT molecular complexity index is 778. The molecule has 0 spiro atoms. The summed E-state index contributed by atoms with van der Waals surface area (Å²) in [6, 6.07) is 9.45. The molecule has 1 aliphatic rings. The maximum Gasteiger partial charge on any atom is 0.410 e. The summed E-state index contributed by atoms with van der Waals surface area (Å²) >= 11 is 0. The first-order valence-electron chi connectivity index (χ1n) is 12.2. The minimum absolute atomic E-state index is 0.0839. The van der Waals surface area contributed by atoms with E-state index in [-0.39, 0.29) is 25.7 Å². The molecule has 0 unspecified atom stereocenters. The van der Waals surface area contributed by atoms with Gasteiger partial charge in [0.1, 0.15) is 12.9 Å². The van der Waals surface area contributed by atoms with Gasteiger partial charge in [-0.15, -0.1) is 0 Å². The topological polar surface area (TPSA) is 99.7 Å². The summed E-state index contributed by atoms with van der Waals surface area (Å²) in [6.45, 7) is 6.30. The fourth-order valence-electron chi connectivity index (χ4n) is 3.61. The van der Waals surface area contributed by atoms with Gasteiger partial charge in [-0.3, -0.25) is 19.4 Å². The number of amides is 2. The lowest BCUT2D eigenvalue weighted by Gasteiger charge is -2.32. The second kappa shape index (κ2) is 16.6. The number of nitrogens with zero attached hydrogens (tertiary/aromatic N) is 4. The fourth-order valence-corrected chi connectivity index (χ4v) is 3.61. The smallest absolute Gasteiger partial charge is 0.410 e. The van der Waals surface area contributed by atoms with Gasteiger partial charge in [-0.2, -0.15) is 0 Å². The average Bonchev–Trinajstić information content (AvgIpc) is 2.86. The molecule has 0 N–H and O–H groups in total. The number of hydrogen-bond donors (Lipinski definition) is 0. The standard InChI is InChI=1S/C25H38N4O6/c1-2-3-19-34-24(32)20-27-10-12-28(22-31)11-9-26(17-18-30)13-15-29(16-14-27)25(33)35-21-23-7-5-4-6-8-23/h4-8,18,22H,2-3,9-17,19-21H2,1H3. The highest BCUT2D eigenvalue weighted by Gasteiger charge is 2.21. The Morgan fingerprint density at radius 3 is 2.20 bits per heavy atom. The molecule has 194 valence electrons. The Balaban J connectivity index is 2.06. The van der Waals surface area contributed by atoms with Gasteiger partial charge in [0.25, 0.3) is 0 Å². The number of ether oxygens (including phenoxy) is 2. The summed E-state index contributed by atoms with van der Waals surface area (Å²) < 4.78 is 10.8. The van der Waals surface area contributed by atoms with Gasteiger partial charge in [-0.1, -0.05) is 43.7 Å². The van der Waals surface area contributed by atoms with Crippen LogP contribution in [0.3, 0.4) is 0 Å². The van der Waals surface area contributed by atoms with E-state index in [1.165, 1.54) is 0 Å². The van der Waals surface area contributed by atoms with Crippen molar-refractivity contribution in [3.8, 4) is 0 Å². The first kappa shape index (κ1) is 28.3. The minimum Gasteiger partial charge on any atom is -0.465 e. The third-order valence-corrected chi connectivity index (χ3v) is 5.84. The van der Waals surface area contributed by atoms with Gasteiger partial charge >= 0.3 is 12.1 Å². The predicted molar refractivity (Wildman–Crippen MR) is 131 cm³/mol. The Morgan fingerprint density at radius 2 is 1.54 bits per heavy atom. The number of hydrogen-bond acceptors (Lipinski definition) is 8. The summed E-state index contributed by atoms with van der Waals surface area (Å²) in [5, 5.41) is 0. The molecule has 1 heterocycles. The molecule has 1 saturated heterocycles. The third kappa shape index (κ3) is 11.3. The molecular formula is C25H38N4O6. The van der Waals surface area contributed by atoms with Crippen LogP contribution in [-0.2, 0) is 30.5 Å². The summed E-state index contributed by atoms with van der Waals surface area (Å²) in [4.78, 5) is 54.9. The van der Waals surface area contributed by atoms with E-state index in [1.54, 1.807) is 9.80 Å². The van der Waals surface area contributed by atoms with Gasteiger partial charge in [0.2, 0.25) is 6.41 Å². The Labute approximate surface area is 207 Å². The second-order valence-electron chi connectivity index (χ2n) is 8.49. The molecule has 35 heavy (non-hydrogen) atoms. The van der Waals surface area contributed by atoms with Crippen LogP contribution in [0.25, 0.3) is 0 Å². The van der Waals surface area contributed by atoms with Gasteiger partial charge in [0.15, 0.2) is 0 Å². The van der Waals surface area contributed by atoms with E-state index < -0.39 is 6.09 Å². The lowest BCUT2D eigenvalue weighted by Crippen LogP contribution is -2.48. The van der Waals surface area contributed by atoms with Crippen LogP contribution in [0.2, 0.25) is 0 Å². The van der Waals surface area contributed by atoms with Gasteiger partial charge in [0.05, 0.1) is 19.7 Å². The highest BCUT2D eigenvalue weighted by Crippen LogP contribution is 2.06. The molecule has 1 aliphatic heterocycles. The zero-order valence-corrected chi connectivity index (χ0v) is 20.7. The van der Waals surface area contributed by atoms with Crippen LogP contribution in [0, 0.1) is 0 Å². The predicted octanol–water partition coefficient (Wildman–Crippen LogP) is 1.24. The van der Waals surface area contributed by atoms with Gasteiger partial charge in [-0.25, -0.2) is 4.79 Å². The Morgan fingerprint density at radius 1 is 0.886 bits per heavy atom. The minimum atomic E-state index is -0.447. The molecule has 10 nitrogen and oxygen atoms in total. The molecule has 0 saturated carbocycles. The van der Waals surface area contributed by atoms with E-state index in [1.807, 2.05) is 47.1 Å². The quantitative estimate of drug-likeness (QED) is 0.274. The first-order chi connectivity index (χ1) is 17.0. The molecule has 0 bridgehead atoms. The third-order valence-electron chi connectivity index (χ3n) is 5.84. The first-order valence-corrected chi connectivity index (χ1v) is 12.2. The maximum absolute atomic E-state index is 12.9. The number of esters is 1. The van der Waals surface area contributed by atoms with Crippen molar-refractivity contribution >= 4 is 24.8 Å². The molecule has 1 aromatic rings. The van der Waals surface area contributed by atoms with Crippen LogP contribution < -0.4 is 0 Å². The molecule has 0 aliphatic carbocycles. The van der Waals surface area contributed by atoms with E-state index in [0.29, 0.717) is 59.0 Å². The lowest BCUT2D eigenvalue weighted by molar-refractivity contribution is -0.145. The number of benzene rings is 1. The zero-order chi connectivity index (χ0) is 25.3. The molecular weight excluding hydrogens is 452 g/mol. The molecule has 10 heteroatoms. The number of carbonyl (C=O) groups excluding carboxylic acids is 4. The van der Waals surface area contributed by atoms with Gasteiger partial charge < -0.3 is 24.1 Å². The number of aldehydes is 1. The van der Waals surface area contributed by atoms with Crippen molar-refractivity contribution in [3.05, 3.63) is 35.9 Å². The molecule has 1 fully saturated rings. The largest absolute Gasteiger partial charge is 0.465 e. The summed E-state index contributed by atoms with van der Waals surface area (Å²) in [6.07, 6.45) is 2.91. The van der Waals surface area contributed by atoms with E-state index in [2.05, 4.69) is 0 Å². The molecule has 0 radical (unpaired) electrons. The Kier molecular flexibility index (Phi) is 13.4. The van der Waals surface area contributed by atoms with Crippen LogP contribution >= 0.6 is 0 Å². The van der Waals surface area contributed by atoms with Crippen LogP contribution in [0.5, 0.6) is 0 Å². The summed E-state index contributed by atoms with van der Waals surface area (Å²) in [5.74, 6) is -0.321. The van der Waals surface area contributed by atoms with Crippen molar-refractivity contribution in [2.75, 3.05) is 72.1 Å². The molecule has 0 aromatic heterocycles. The summed E-state index contributed by atoms with van der Waals surface area (Å²) in [5.41, 5.74) is 0.892. The number of carbonyl (C=O) groups is 4. The Hall–Kier alpha value is -2.98. The van der Waals surface area contributed by atoms with Crippen molar-refractivity contribution in [1.82, 2.24) is 19.6 Å². The van der Waals surface area contributed by atoms with Crippen LogP contribution in [-0.4, -0.2) is 116 Å². The number of rotatable bonds is 10. The molecule has 2 rings (SSSR count). The maximum atomic E-state index is 12.9. The summed E-state index contributed by atoms with van der Waals surface area (Å²) in [7, 11) is 0. The van der Waals surface area contributed by atoms with Crippen molar-refractivity contribution in [1.29, 1.82) is 0 Å².